The second kappa shape index (κ2) is 15.6. The summed E-state index contributed by atoms with van der Waals surface area (Å²) in [5.41, 5.74) is 1.85. The summed E-state index contributed by atoms with van der Waals surface area (Å²) in [6, 6.07) is 7.91. The van der Waals surface area contributed by atoms with E-state index in [0.29, 0.717) is 25.3 Å². The van der Waals surface area contributed by atoms with Crippen LogP contribution in [0.5, 0.6) is 0 Å². The SMILES string of the molecule is CCCN(C/C=C/C(=O)N1CCn2c(C(C)=O)cnc2C1)CCCC(C)C.CCc1ccccc1Cl. The number of carbonyl (C=O) groups excluding carboxylic acids is 2. The molecule has 1 aliphatic heterocycles. The fourth-order valence-corrected chi connectivity index (χ4v) is 4.53. The van der Waals surface area contributed by atoms with Crippen molar-refractivity contribution in [1.29, 1.82) is 0 Å². The van der Waals surface area contributed by atoms with E-state index in [4.69, 9.17) is 11.6 Å². The number of imidazole rings is 1. The fourth-order valence-electron chi connectivity index (χ4n) is 4.26. The Morgan fingerprint density at radius 1 is 1.17 bits per heavy atom. The standard InChI is InChI=1S/C21H34N4O2.C8H9Cl/c1-5-10-23(11-6-8-17(2)3)12-7-9-21(27)24-13-14-25-19(18(4)26)15-22-20(25)16-24;1-2-7-5-3-4-6-8(7)9/h7,9,15,17H,5-6,8,10-14,16H2,1-4H3;3-6H,2H2,1H3/b9-7+;. The van der Waals surface area contributed by atoms with Gasteiger partial charge in [0.1, 0.15) is 11.5 Å². The molecule has 0 unspecified atom stereocenters. The molecule has 0 saturated carbocycles. The van der Waals surface area contributed by atoms with Crippen LogP contribution >= 0.6 is 11.6 Å². The number of fused-ring (bicyclic) bond motifs is 1. The molecule has 3 rings (SSSR count). The lowest BCUT2D eigenvalue weighted by atomic mass is 10.1. The summed E-state index contributed by atoms with van der Waals surface area (Å²) in [7, 11) is 0. The Hall–Kier alpha value is -2.44. The van der Waals surface area contributed by atoms with Gasteiger partial charge in [0.05, 0.1) is 12.7 Å². The zero-order chi connectivity index (χ0) is 26.5. The molecule has 0 bridgehead atoms. The summed E-state index contributed by atoms with van der Waals surface area (Å²) in [4.78, 5) is 32.6. The van der Waals surface area contributed by atoms with Crippen molar-refractivity contribution >= 4 is 23.3 Å². The Morgan fingerprint density at radius 2 is 1.92 bits per heavy atom. The Balaban J connectivity index is 0.000000425. The van der Waals surface area contributed by atoms with Crippen molar-refractivity contribution < 1.29 is 9.59 Å². The van der Waals surface area contributed by atoms with Gasteiger partial charge in [-0.2, -0.15) is 0 Å². The van der Waals surface area contributed by atoms with Crippen LogP contribution in [0.4, 0.5) is 0 Å². The van der Waals surface area contributed by atoms with E-state index in [1.54, 1.807) is 24.1 Å². The number of hydrogen-bond acceptors (Lipinski definition) is 4. The van der Waals surface area contributed by atoms with Crippen LogP contribution in [0.1, 0.15) is 75.8 Å². The Kier molecular flexibility index (Phi) is 12.9. The fraction of sp³-hybridized carbons (Fsp3) is 0.552. The Morgan fingerprint density at radius 3 is 2.53 bits per heavy atom. The van der Waals surface area contributed by atoms with Crippen LogP contribution in [0.25, 0.3) is 0 Å². The molecule has 1 aliphatic rings. The molecule has 0 atom stereocenters. The molecule has 0 fully saturated rings. The number of aromatic nitrogens is 2. The molecule has 1 aromatic heterocycles. The third-order valence-electron chi connectivity index (χ3n) is 6.29. The van der Waals surface area contributed by atoms with Gasteiger partial charge >= 0.3 is 0 Å². The topological polar surface area (TPSA) is 58.4 Å². The van der Waals surface area contributed by atoms with E-state index in [2.05, 4.69) is 37.6 Å². The molecule has 6 nitrogen and oxygen atoms in total. The van der Waals surface area contributed by atoms with Gasteiger partial charge < -0.3 is 9.47 Å². The zero-order valence-corrected chi connectivity index (χ0v) is 23.4. The first-order valence-electron chi connectivity index (χ1n) is 13.2. The average Bonchev–Trinajstić information content (AvgIpc) is 3.28. The highest BCUT2D eigenvalue weighted by Gasteiger charge is 2.23. The first-order chi connectivity index (χ1) is 17.3. The molecule has 0 N–H and O–H groups in total. The maximum Gasteiger partial charge on any atom is 0.246 e. The van der Waals surface area contributed by atoms with Crippen LogP contribution in [0.3, 0.4) is 0 Å². The lowest BCUT2D eigenvalue weighted by Crippen LogP contribution is -2.38. The van der Waals surface area contributed by atoms with Gasteiger partial charge in [-0.25, -0.2) is 4.98 Å². The summed E-state index contributed by atoms with van der Waals surface area (Å²) in [5, 5.41) is 0.875. The highest BCUT2D eigenvalue weighted by Crippen LogP contribution is 2.16. The van der Waals surface area contributed by atoms with Gasteiger partial charge in [-0.05, 0) is 56.3 Å². The minimum atomic E-state index is 0.0157. The van der Waals surface area contributed by atoms with Gasteiger partial charge in [-0.1, -0.05) is 63.6 Å². The summed E-state index contributed by atoms with van der Waals surface area (Å²) >= 11 is 5.82. The lowest BCUT2D eigenvalue weighted by molar-refractivity contribution is -0.127. The molecule has 0 spiro atoms. The summed E-state index contributed by atoms with van der Waals surface area (Å²) in [6.45, 7) is 15.0. The predicted octanol–water partition coefficient (Wildman–Crippen LogP) is 6.03. The third kappa shape index (κ3) is 9.55. The second-order valence-electron chi connectivity index (χ2n) is 9.71. The summed E-state index contributed by atoms with van der Waals surface area (Å²) in [6.07, 6.45) is 9.86. The highest BCUT2D eigenvalue weighted by molar-refractivity contribution is 6.31. The van der Waals surface area contributed by atoms with Crippen molar-refractivity contribution in [3.8, 4) is 0 Å². The number of benzene rings is 1. The quantitative estimate of drug-likeness (QED) is 0.271. The second-order valence-corrected chi connectivity index (χ2v) is 10.1. The molecule has 0 aliphatic carbocycles. The molecule has 7 heteroatoms. The minimum Gasteiger partial charge on any atom is -0.330 e. The largest absolute Gasteiger partial charge is 0.330 e. The van der Waals surface area contributed by atoms with Gasteiger partial charge in [0.15, 0.2) is 5.78 Å². The van der Waals surface area contributed by atoms with Crippen LogP contribution in [-0.4, -0.2) is 57.2 Å². The van der Waals surface area contributed by atoms with Crippen LogP contribution in [-0.2, 0) is 24.3 Å². The first-order valence-corrected chi connectivity index (χ1v) is 13.6. The Labute approximate surface area is 222 Å². The van der Waals surface area contributed by atoms with Crippen molar-refractivity contribution in [2.75, 3.05) is 26.2 Å². The first kappa shape index (κ1) is 29.8. The molecule has 1 aromatic carbocycles. The van der Waals surface area contributed by atoms with Crippen molar-refractivity contribution in [1.82, 2.24) is 19.4 Å². The van der Waals surface area contributed by atoms with Crippen molar-refractivity contribution in [3.63, 3.8) is 0 Å². The van der Waals surface area contributed by atoms with E-state index in [0.717, 1.165) is 49.2 Å². The number of amides is 1. The molecule has 36 heavy (non-hydrogen) atoms. The molecule has 0 saturated heterocycles. The number of hydrogen-bond donors (Lipinski definition) is 0. The maximum absolute atomic E-state index is 12.5. The van der Waals surface area contributed by atoms with E-state index in [1.807, 2.05) is 34.9 Å². The molecular weight excluding hydrogens is 472 g/mol. The summed E-state index contributed by atoms with van der Waals surface area (Å²) < 4.78 is 1.92. The smallest absolute Gasteiger partial charge is 0.246 e. The molecule has 2 aromatic rings. The van der Waals surface area contributed by atoms with Gasteiger partial charge in [0.2, 0.25) is 5.91 Å². The van der Waals surface area contributed by atoms with Crippen molar-refractivity contribution in [2.45, 2.75) is 73.4 Å². The van der Waals surface area contributed by atoms with E-state index in [1.165, 1.54) is 18.4 Å². The van der Waals surface area contributed by atoms with E-state index in [-0.39, 0.29) is 11.7 Å². The Bertz CT molecular complexity index is 999. The molecule has 2 heterocycles. The van der Waals surface area contributed by atoms with Crippen LogP contribution in [0, 0.1) is 5.92 Å². The number of Topliss-reactive ketones (excluding diaryl/α,β-unsaturated/α-hetero) is 1. The van der Waals surface area contributed by atoms with Crippen molar-refractivity contribution in [2.24, 2.45) is 5.92 Å². The van der Waals surface area contributed by atoms with Gasteiger partial charge in [0.25, 0.3) is 0 Å². The monoisotopic (exact) mass is 514 g/mol. The van der Waals surface area contributed by atoms with Gasteiger partial charge in [-0.3, -0.25) is 14.5 Å². The normalized spacial score (nSPS) is 13.2. The number of halogens is 1. The molecular formula is C29H43ClN4O2. The predicted molar refractivity (Wildman–Crippen MR) is 148 cm³/mol. The van der Waals surface area contributed by atoms with Gasteiger partial charge in [-0.15, -0.1) is 0 Å². The number of nitrogens with zero attached hydrogens (tertiary/aromatic N) is 4. The van der Waals surface area contributed by atoms with Crippen molar-refractivity contribution in [3.05, 3.63) is 64.7 Å². The molecule has 1 amide bonds. The minimum absolute atomic E-state index is 0.0157. The molecule has 0 radical (unpaired) electrons. The highest BCUT2D eigenvalue weighted by atomic mass is 35.5. The van der Waals surface area contributed by atoms with Crippen LogP contribution in [0.15, 0.2) is 42.6 Å². The lowest BCUT2D eigenvalue weighted by Gasteiger charge is -2.27. The molecule has 198 valence electrons. The number of rotatable bonds is 11. The number of carbonyl (C=O) groups is 2. The maximum atomic E-state index is 12.5. The summed E-state index contributed by atoms with van der Waals surface area (Å²) in [5.74, 6) is 1.56. The average molecular weight is 515 g/mol. The van der Waals surface area contributed by atoms with Crippen LogP contribution in [0.2, 0.25) is 5.02 Å². The van der Waals surface area contributed by atoms with E-state index >= 15 is 0 Å². The van der Waals surface area contributed by atoms with Gasteiger partial charge in [0, 0.05) is 37.7 Å². The number of ketones is 1. The number of aryl methyl sites for hydroxylation is 1. The zero-order valence-electron chi connectivity index (χ0n) is 22.7. The van der Waals surface area contributed by atoms with E-state index < -0.39 is 0 Å². The van der Waals surface area contributed by atoms with E-state index in [9.17, 15) is 9.59 Å². The van der Waals surface area contributed by atoms with Crippen LogP contribution < -0.4 is 0 Å². The third-order valence-corrected chi connectivity index (χ3v) is 6.66.